The summed E-state index contributed by atoms with van der Waals surface area (Å²) in [5, 5.41) is 1.66. The number of benzene rings is 3. The van der Waals surface area contributed by atoms with Gasteiger partial charge in [-0.25, -0.2) is 0 Å². The van der Waals surface area contributed by atoms with Crippen LogP contribution in [0.5, 0.6) is 11.5 Å². The van der Waals surface area contributed by atoms with Crippen molar-refractivity contribution in [3.8, 4) is 11.5 Å². The number of hydrogen-bond acceptors (Lipinski definition) is 4. The van der Waals surface area contributed by atoms with E-state index in [-0.39, 0.29) is 11.9 Å². The number of aryl methyl sites for hydroxylation is 1. The third-order valence-electron chi connectivity index (χ3n) is 6.89. The van der Waals surface area contributed by atoms with E-state index in [2.05, 4.69) is 9.47 Å². The van der Waals surface area contributed by atoms with Crippen molar-refractivity contribution in [3.63, 3.8) is 0 Å². The second-order valence-corrected chi connectivity index (χ2v) is 9.69. The van der Waals surface area contributed by atoms with Crippen LogP contribution < -0.4 is 9.47 Å². The highest BCUT2D eigenvalue weighted by Crippen LogP contribution is 2.31. The minimum Gasteiger partial charge on any atom is -0.495 e. The Morgan fingerprint density at radius 3 is 2.42 bits per heavy atom. The van der Waals surface area contributed by atoms with Gasteiger partial charge in [-0.1, -0.05) is 54.1 Å². The predicted molar refractivity (Wildman–Crippen MR) is 145 cm³/mol. The lowest BCUT2D eigenvalue weighted by atomic mass is 10.0. The van der Waals surface area contributed by atoms with E-state index in [0.29, 0.717) is 5.56 Å². The first-order chi connectivity index (χ1) is 17.6. The number of nitrogens with zero attached hydrogens (tertiary/aromatic N) is 2. The van der Waals surface area contributed by atoms with Crippen LogP contribution in [0.4, 0.5) is 0 Å². The molecule has 0 amide bonds. The van der Waals surface area contributed by atoms with E-state index in [9.17, 15) is 4.79 Å². The van der Waals surface area contributed by atoms with E-state index in [0.717, 1.165) is 78.4 Å². The van der Waals surface area contributed by atoms with Gasteiger partial charge in [0.25, 0.3) is 0 Å². The SMILES string of the molecule is COc1cccc2c(C(=O)c3ccccc3)cn(CCCN3CCC(Oc4ccc(Cl)cc4)CC3)c12. The molecule has 1 aliphatic heterocycles. The summed E-state index contributed by atoms with van der Waals surface area (Å²) in [5.41, 5.74) is 2.40. The first-order valence-electron chi connectivity index (χ1n) is 12.5. The largest absolute Gasteiger partial charge is 0.495 e. The molecule has 1 fully saturated rings. The normalized spacial score (nSPS) is 14.7. The second kappa shape index (κ2) is 11.2. The predicted octanol–water partition coefficient (Wildman–Crippen LogP) is 6.47. The standard InChI is InChI=1S/C30H31ClN2O3/c1-35-28-10-5-9-26-27(30(34)22-7-3-2-4-8-22)21-33(29(26)28)18-6-17-32-19-15-25(16-20-32)36-24-13-11-23(31)12-14-24/h2-5,7-14,21,25H,6,15-20H2,1H3. The molecule has 1 saturated heterocycles. The molecule has 4 aromatic rings. The van der Waals surface area contributed by atoms with Gasteiger partial charge < -0.3 is 18.9 Å². The van der Waals surface area contributed by atoms with Gasteiger partial charge in [0.2, 0.25) is 0 Å². The molecule has 0 saturated carbocycles. The molecule has 1 aromatic heterocycles. The molecular weight excluding hydrogens is 472 g/mol. The van der Waals surface area contributed by atoms with E-state index in [4.69, 9.17) is 21.1 Å². The number of ketones is 1. The molecule has 0 N–H and O–H groups in total. The Morgan fingerprint density at radius 2 is 1.69 bits per heavy atom. The van der Waals surface area contributed by atoms with E-state index in [1.807, 2.05) is 79.0 Å². The number of halogens is 1. The van der Waals surface area contributed by atoms with Crippen LogP contribution in [0, 0.1) is 0 Å². The maximum atomic E-state index is 13.3. The molecule has 5 nitrogen and oxygen atoms in total. The van der Waals surface area contributed by atoms with Crippen molar-refractivity contribution in [3.05, 3.63) is 95.1 Å². The summed E-state index contributed by atoms with van der Waals surface area (Å²) in [4.78, 5) is 15.8. The van der Waals surface area contributed by atoms with Crippen LogP contribution in [0.25, 0.3) is 10.9 Å². The van der Waals surface area contributed by atoms with Crippen molar-refractivity contribution in [2.45, 2.75) is 31.9 Å². The molecule has 1 aliphatic rings. The first-order valence-corrected chi connectivity index (χ1v) is 12.9. The minimum absolute atomic E-state index is 0.0374. The molecule has 0 bridgehead atoms. The van der Waals surface area contributed by atoms with E-state index in [1.54, 1.807) is 7.11 Å². The zero-order chi connectivity index (χ0) is 24.9. The first kappa shape index (κ1) is 24.4. The highest BCUT2D eigenvalue weighted by molar-refractivity contribution is 6.30. The summed E-state index contributed by atoms with van der Waals surface area (Å²) >= 11 is 5.97. The summed E-state index contributed by atoms with van der Waals surface area (Å²) in [6.45, 7) is 3.86. The molecule has 2 heterocycles. The van der Waals surface area contributed by atoms with Gasteiger partial charge in [0.1, 0.15) is 17.6 Å². The number of rotatable bonds is 9. The Morgan fingerprint density at radius 1 is 0.944 bits per heavy atom. The Labute approximate surface area is 217 Å². The van der Waals surface area contributed by atoms with Crippen molar-refractivity contribution >= 4 is 28.3 Å². The van der Waals surface area contributed by atoms with Gasteiger partial charge >= 0.3 is 0 Å². The number of para-hydroxylation sites is 1. The monoisotopic (exact) mass is 502 g/mol. The second-order valence-electron chi connectivity index (χ2n) is 9.25. The number of carbonyl (C=O) groups excluding carboxylic acids is 1. The summed E-state index contributed by atoms with van der Waals surface area (Å²) in [6, 6.07) is 23.0. The zero-order valence-corrected chi connectivity index (χ0v) is 21.3. The van der Waals surface area contributed by atoms with Gasteiger partial charge in [0.05, 0.1) is 12.6 Å². The smallest absolute Gasteiger partial charge is 0.195 e. The third kappa shape index (κ3) is 5.43. The van der Waals surface area contributed by atoms with Crippen molar-refractivity contribution in [1.29, 1.82) is 0 Å². The Kier molecular flexibility index (Phi) is 7.59. The molecule has 0 atom stereocenters. The molecule has 6 heteroatoms. The molecule has 0 unspecified atom stereocenters. The molecule has 0 aliphatic carbocycles. The van der Waals surface area contributed by atoms with Crippen LogP contribution in [0.1, 0.15) is 35.2 Å². The van der Waals surface area contributed by atoms with Gasteiger partial charge in [-0.05, 0) is 56.1 Å². The van der Waals surface area contributed by atoms with Gasteiger partial charge in [-0.2, -0.15) is 0 Å². The number of aromatic nitrogens is 1. The molecule has 0 spiro atoms. The molecule has 5 rings (SSSR count). The number of ether oxygens (including phenoxy) is 2. The average molecular weight is 503 g/mol. The molecule has 3 aromatic carbocycles. The third-order valence-corrected chi connectivity index (χ3v) is 7.14. The molecule has 186 valence electrons. The van der Waals surface area contributed by atoms with Crippen molar-refractivity contribution in [1.82, 2.24) is 9.47 Å². The summed E-state index contributed by atoms with van der Waals surface area (Å²) in [6.07, 6.45) is 5.25. The van der Waals surface area contributed by atoms with Crippen molar-refractivity contribution < 1.29 is 14.3 Å². The number of methoxy groups -OCH3 is 1. The zero-order valence-electron chi connectivity index (χ0n) is 20.5. The fraction of sp³-hybridized carbons (Fsp3) is 0.300. The quantitative estimate of drug-likeness (QED) is 0.246. The van der Waals surface area contributed by atoms with E-state index in [1.165, 1.54) is 0 Å². The molecular formula is C30H31ClN2O3. The lowest BCUT2D eigenvalue weighted by Crippen LogP contribution is -2.38. The van der Waals surface area contributed by atoms with Gasteiger partial charge in [-0.15, -0.1) is 0 Å². The highest BCUT2D eigenvalue weighted by atomic mass is 35.5. The maximum absolute atomic E-state index is 13.3. The number of piperidine rings is 1. The van der Waals surface area contributed by atoms with Crippen molar-refractivity contribution in [2.24, 2.45) is 0 Å². The van der Waals surface area contributed by atoms with E-state index >= 15 is 0 Å². The Bertz CT molecular complexity index is 1310. The summed E-state index contributed by atoms with van der Waals surface area (Å²) in [5.74, 6) is 1.71. The maximum Gasteiger partial charge on any atom is 0.195 e. The topological polar surface area (TPSA) is 43.7 Å². The van der Waals surface area contributed by atoms with Crippen LogP contribution in [0.15, 0.2) is 79.0 Å². The molecule has 0 radical (unpaired) electrons. The molecule has 36 heavy (non-hydrogen) atoms. The highest BCUT2D eigenvalue weighted by Gasteiger charge is 2.22. The fourth-order valence-corrected chi connectivity index (χ4v) is 5.14. The average Bonchev–Trinajstić information content (AvgIpc) is 3.30. The summed E-state index contributed by atoms with van der Waals surface area (Å²) in [7, 11) is 1.68. The fourth-order valence-electron chi connectivity index (χ4n) is 5.01. The van der Waals surface area contributed by atoms with Gasteiger partial charge in [0, 0.05) is 47.4 Å². The number of likely N-dealkylation sites (tertiary alicyclic amines) is 1. The minimum atomic E-state index is 0.0374. The van der Waals surface area contributed by atoms with E-state index < -0.39 is 0 Å². The number of hydrogen-bond donors (Lipinski definition) is 0. The van der Waals surface area contributed by atoms with Crippen molar-refractivity contribution in [2.75, 3.05) is 26.7 Å². The van der Waals surface area contributed by atoms with Gasteiger partial charge in [0.15, 0.2) is 5.78 Å². The number of carbonyl (C=O) groups is 1. The Balaban J connectivity index is 1.22. The van der Waals surface area contributed by atoms with Crippen LogP contribution in [-0.2, 0) is 6.54 Å². The number of fused-ring (bicyclic) bond motifs is 1. The lowest BCUT2D eigenvalue weighted by Gasteiger charge is -2.32. The van der Waals surface area contributed by atoms with Crippen LogP contribution in [0.2, 0.25) is 5.02 Å². The summed E-state index contributed by atoms with van der Waals surface area (Å²) < 4.78 is 14.0. The van der Waals surface area contributed by atoms with Crippen LogP contribution >= 0.6 is 11.6 Å². The lowest BCUT2D eigenvalue weighted by molar-refractivity contribution is 0.0993. The van der Waals surface area contributed by atoms with Crippen LogP contribution in [0.3, 0.4) is 0 Å². The Hall–Kier alpha value is -3.28. The van der Waals surface area contributed by atoms with Crippen LogP contribution in [-0.4, -0.2) is 48.1 Å². The van der Waals surface area contributed by atoms with Gasteiger partial charge in [-0.3, -0.25) is 4.79 Å².